The average molecular weight is 130 g/mol. The molecule has 1 aromatic carbocycles. The summed E-state index contributed by atoms with van der Waals surface area (Å²) in [6.45, 7) is 5.00. The van der Waals surface area contributed by atoms with E-state index < -0.39 is 0 Å². The van der Waals surface area contributed by atoms with Gasteiger partial charge in [0.25, 0.3) is 0 Å². The molecule has 0 unspecified atom stereocenters. The standard InChI is InChI=1S/C6H6.C2H5.Na/c1-2-4-6-5-3-1;1-2;/h1-6H;1H2,2H3;/q;-1;+1. The van der Waals surface area contributed by atoms with E-state index in [1.165, 1.54) is 0 Å². The van der Waals surface area contributed by atoms with Crippen LogP contribution in [0.15, 0.2) is 36.4 Å². The van der Waals surface area contributed by atoms with Crippen molar-refractivity contribution in [1.29, 1.82) is 0 Å². The van der Waals surface area contributed by atoms with E-state index in [1.807, 2.05) is 36.4 Å². The van der Waals surface area contributed by atoms with Crippen LogP contribution in [-0.4, -0.2) is 0 Å². The maximum absolute atomic E-state index is 3.25. The Morgan fingerprint density at radius 1 is 0.667 bits per heavy atom. The fourth-order valence-electron chi connectivity index (χ4n) is 0.385. The summed E-state index contributed by atoms with van der Waals surface area (Å²) in [4.78, 5) is 0. The summed E-state index contributed by atoms with van der Waals surface area (Å²) in [5.41, 5.74) is 0. The molecule has 1 rings (SSSR count). The van der Waals surface area contributed by atoms with Crippen LogP contribution in [0.5, 0.6) is 0 Å². The topological polar surface area (TPSA) is 0 Å². The fourth-order valence-corrected chi connectivity index (χ4v) is 0.385. The summed E-state index contributed by atoms with van der Waals surface area (Å²) < 4.78 is 0. The maximum Gasteiger partial charge on any atom is 1.00 e. The summed E-state index contributed by atoms with van der Waals surface area (Å²) in [5, 5.41) is 0. The van der Waals surface area contributed by atoms with Crippen LogP contribution in [0.3, 0.4) is 0 Å². The zero-order valence-corrected chi connectivity index (χ0v) is 8.17. The van der Waals surface area contributed by atoms with Gasteiger partial charge in [-0.2, -0.15) is 6.92 Å². The van der Waals surface area contributed by atoms with Crippen LogP contribution in [0.2, 0.25) is 0 Å². The van der Waals surface area contributed by atoms with Crippen molar-refractivity contribution in [1.82, 2.24) is 0 Å². The third kappa shape index (κ3) is 8.22. The van der Waals surface area contributed by atoms with Gasteiger partial charge in [0.15, 0.2) is 0 Å². The number of benzene rings is 1. The SMILES string of the molecule is [CH2-]C.[Na+].c1ccccc1. The van der Waals surface area contributed by atoms with Gasteiger partial charge in [0.2, 0.25) is 0 Å². The molecule has 0 fully saturated rings. The number of hydrogen-bond acceptors (Lipinski definition) is 0. The van der Waals surface area contributed by atoms with Crippen molar-refractivity contribution in [3.63, 3.8) is 0 Å². The number of rotatable bonds is 0. The predicted molar refractivity (Wildman–Crippen MR) is 37.5 cm³/mol. The zero-order chi connectivity index (χ0) is 6.24. The van der Waals surface area contributed by atoms with E-state index in [4.69, 9.17) is 0 Å². The molecule has 1 heteroatoms. The van der Waals surface area contributed by atoms with Crippen LogP contribution in [0.1, 0.15) is 6.92 Å². The summed E-state index contributed by atoms with van der Waals surface area (Å²) in [6, 6.07) is 12.0. The molecule has 0 aliphatic rings. The molecule has 1 aromatic rings. The van der Waals surface area contributed by atoms with Crippen molar-refractivity contribution in [2.45, 2.75) is 6.92 Å². The maximum atomic E-state index is 3.25. The van der Waals surface area contributed by atoms with Gasteiger partial charge in [0.1, 0.15) is 0 Å². The van der Waals surface area contributed by atoms with Gasteiger partial charge in [-0.15, -0.1) is 0 Å². The molecular formula is C8H11Na. The van der Waals surface area contributed by atoms with Crippen LogP contribution in [0.25, 0.3) is 0 Å². The molecule has 0 aromatic heterocycles. The molecule has 9 heavy (non-hydrogen) atoms. The third-order valence-corrected chi connectivity index (χ3v) is 0.667. The molecule has 0 radical (unpaired) electrons. The zero-order valence-electron chi connectivity index (χ0n) is 6.17. The first kappa shape index (κ1) is 12.0. The van der Waals surface area contributed by atoms with E-state index >= 15 is 0 Å². The van der Waals surface area contributed by atoms with Crippen molar-refractivity contribution in [2.75, 3.05) is 0 Å². The van der Waals surface area contributed by atoms with Crippen LogP contribution in [0, 0.1) is 6.92 Å². The average Bonchev–Trinajstić information content (AvgIpc) is 1.96. The minimum absolute atomic E-state index is 0. The Kier molecular flexibility index (Phi) is 14.7. The smallest absolute Gasteiger partial charge is 0.346 e. The summed E-state index contributed by atoms with van der Waals surface area (Å²) in [6.07, 6.45) is 0. The molecule has 0 bridgehead atoms. The van der Waals surface area contributed by atoms with Gasteiger partial charge in [0, 0.05) is 0 Å². The van der Waals surface area contributed by atoms with Gasteiger partial charge in [-0.3, -0.25) is 0 Å². The first-order valence-electron chi connectivity index (χ1n) is 2.71. The van der Waals surface area contributed by atoms with E-state index in [9.17, 15) is 0 Å². The van der Waals surface area contributed by atoms with Crippen LogP contribution in [0.4, 0.5) is 0 Å². The van der Waals surface area contributed by atoms with Crippen LogP contribution in [-0.2, 0) is 0 Å². The van der Waals surface area contributed by atoms with Gasteiger partial charge in [-0.25, -0.2) is 0 Å². The first-order valence-corrected chi connectivity index (χ1v) is 2.71. The second kappa shape index (κ2) is 11.1. The van der Waals surface area contributed by atoms with Crippen LogP contribution >= 0.6 is 0 Å². The molecule has 0 aliphatic heterocycles. The molecule has 0 amide bonds. The molecule has 0 heterocycles. The molecule has 0 saturated carbocycles. The first-order chi connectivity index (χ1) is 4.00. The molecular weight excluding hydrogens is 119 g/mol. The van der Waals surface area contributed by atoms with E-state index in [0.29, 0.717) is 0 Å². The minimum atomic E-state index is 0. The second-order valence-electron chi connectivity index (χ2n) is 1.15. The normalized spacial score (nSPS) is 6.00. The monoisotopic (exact) mass is 130 g/mol. The fraction of sp³-hybridized carbons (Fsp3) is 0.125. The third-order valence-electron chi connectivity index (χ3n) is 0.667. The molecule has 44 valence electrons. The summed E-state index contributed by atoms with van der Waals surface area (Å²) >= 11 is 0. The van der Waals surface area contributed by atoms with E-state index in [2.05, 4.69) is 6.92 Å². The molecule has 0 atom stereocenters. The Hall–Kier alpha value is 0.220. The van der Waals surface area contributed by atoms with E-state index in [1.54, 1.807) is 6.92 Å². The Morgan fingerprint density at radius 2 is 0.778 bits per heavy atom. The van der Waals surface area contributed by atoms with Crippen molar-refractivity contribution in [3.05, 3.63) is 43.3 Å². The van der Waals surface area contributed by atoms with Crippen LogP contribution < -0.4 is 29.6 Å². The molecule has 0 N–H and O–H groups in total. The van der Waals surface area contributed by atoms with Crippen molar-refractivity contribution in [3.8, 4) is 0 Å². The summed E-state index contributed by atoms with van der Waals surface area (Å²) in [5.74, 6) is 0. The molecule has 0 saturated heterocycles. The van der Waals surface area contributed by atoms with E-state index in [-0.39, 0.29) is 29.6 Å². The quantitative estimate of drug-likeness (QED) is 0.329. The Labute approximate surface area is 79.6 Å². The van der Waals surface area contributed by atoms with Crippen molar-refractivity contribution in [2.24, 2.45) is 0 Å². The largest absolute Gasteiger partial charge is 1.00 e. The van der Waals surface area contributed by atoms with E-state index in [0.717, 1.165) is 0 Å². The van der Waals surface area contributed by atoms with Crippen molar-refractivity contribution < 1.29 is 29.6 Å². The van der Waals surface area contributed by atoms with Gasteiger partial charge in [-0.1, -0.05) is 36.4 Å². The van der Waals surface area contributed by atoms with Gasteiger partial charge in [0.05, 0.1) is 0 Å². The molecule has 0 nitrogen and oxygen atoms in total. The van der Waals surface area contributed by atoms with Gasteiger partial charge in [-0.05, 0) is 0 Å². The minimum Gasteiger partial charge on any atom is -0.346 e. The van der Waals surface area contributed by atoms with Gasteiger partial charge >= 0.3 is 29.6 Å². The van der Waals surface area contributed by atoms with Crippen molar-refractivity contribution >= 4 is 0 Å². The summed E-state index contributed by atoms with van der Waals surface area (Å²) in [7, 11) is 0. The Morgan fingerprint density at radius 3 is 0.889 bits per heavy atom. The molecule has 0 spiro atoms. The second-order valence-corrected chi connectivity index (χ2v) is 1.15. The Balaban J connectivity index is 0. The number of hydrogen-bond donors (Lipinski definition) is 0. The Bertz CT molecular complexity index is 76.5. The van der Waals surface area contributed by atoms with Gasteiger partial charge < -0.3 is 6.92 Å². The molecule has 0 aliphatic carbocycles. The predicted octanol–water partition coefficient (Wildman–Crippen LogP) is -0.469.